The van der Waals surface area contributed by atoms with E-state index >= 15 is 0 Å². The Morgan fingerprint density at radius 3 is 3.05 bits per heavy atom. The topological polar surface area (TPSA) is 76.7 Å². The molecule has 0 spiro atoms. The van der Waals surface area contributed by atoms with E-state index in [2.05, 4.69) is 4.99 Å². The van der Waals surface area contributed by atoms with Gasteiger partial charge in [-0.2, -0.15) is 10.3 Å². The SMILES string of the molecule is Cc1cccc(CC(=NC#N)N2CCC[C@H]2C(=O)O)c1. The Morgan fingerprint density at radius 1 is 1.60 bits per heavy atom. The lowest BCUT2D eigenvalue weighted by atomic mass is 10.1. The van der Waals surface area contributed by atoms with E-state index in [1.165, 1.54) is 0 Å². The molecule has 0 aromatic heterocycles. The minimum absolute atomic E-state index is 0.485. The number of carboxylic acid groups (broad SMARTS) is 1. The van der Waals surface area contributed by atoms with Crippen molar-refractivity contribution in [1.29, 1.82) is 5.26 Å². The maximum Gasteiger partial charge on any atom is 0.326 e. The van der Waals surface area contributed by atoms with Crippen molar-refractivity contribution in [2.45, 2.75) is 32.2 Å². The Hall–Kier alpha value is -2.35. The third kappa shape index (κ3) is 3.15. The lowest BCUT2D eigenvalue weighted by Crippen LogP contribution is -2.41. The molecule has 0 unspecified atom stereocenters. The Kier molecular flexibility index (Phi) is 4.36. The van der Waals surface area contributed by atoms with Crippen LogP contribution in [0.15, 0.2) is 29.3 Å². The van der Waals surface area contributed by atoms with Gasteiger partial charge >= 0.3 is 5.97 Å². The number of rotatable bonds is 3. The van der Waals surface area contributed by atoms with Crippen molar-refractivity contribution in [2.24, 2.45) is 4.99 Å². The second-order valence-corrected chi connectivity index (χ2v) is 4.98. The molecule has 1 N–H and O–H groups in total. The van der Waals surface area contributed by atoms with Gasteiger partial charge in [-0.05, 0) is 25.3 Å². The number of nitrogens with zero attached hydrogens (tertiary/aromatic N) is 3. The van der Waals surface area contributed by atoms with Crippen LogP contribution in [-0.4, -0.2) is 34.4 Å². The van der Waals surface area contributed by atoms with Crippen LogP contribution in [-0.2, 0) is 11.2 Å². The van der Waals surface area contributed by atoms with Crippen LogP contribution < -0.4 is 0 Å². The third-order valence-electron chi connectivity index (χ3n) is 3.49. The van der Waals surface area contributed by atoms with E-state index in [0.29, 0.717) is 25.2 Å². The first-order valence-corrected chi connectivity index (χ1v) is 6.62. The summed E-state index contributed by atoms with van der Waals surface area (Å²) in [5.41, 5.74) is 2.17. The van der Waals surface area contributed by atoms with Gasteiger partial charge in [-0.3, -0.25) is 0 Å². The average molecular weight is 271 g/mol. The quantitative estimate of drug-likeness (QED) is 0.518. The minimum Gasteiger partial charge on any atom is -0.480 e. The molecule has 104 valence electrons. The number of benzene rings is 1. The molecule has 2 rings (SSSR count). The predicted molar refractivity (Wildman–Crippen MR) is 75.3 cm³/mol. The highest BCUT2D eigenvalue weighted by Crippen LogP contribution is 2.20. The highest BCUT2D eigenvalue weighted by Gasteiger charge is 2.32. The normalized spacial score (nSPS) is 18.9. The first kappa shape index (κ1) is 14.1. The molecular formula is C15H17N3O2. The summed E-state index contributed by atoms with van der Waals surface area (Å²) in [5.74, 6) is -0.305. The van der Waals surface area contributed by atoms with Crippen LogP contribution in [0.1, 0.15) is 24.0 Å². The predicted octanol–water partition coefficient (Wildman–Crippen LogP) is 1.97. The highest BCUT2D eigenvalue weighted by molar-refractivity contribution is 5.90. The summed E-state index contributed by atoms with van der Waals surface area (Å²) in [6, 6.07) is 7.38. The van der Waals surface area contributed by atoms with Crippen molar-refractivity contribution in [3.05, 3.63) is 35.4 Å². The van der Waals surface area contributed by atoms with Crippen molar-refractivity contribution < 1.29 is 9.90 Å². The van der Waals surface area contributed by atoms with E-state index in [4.69, 9.17) is 5.26 Å². The number of likely N-dealkylation sites (tertiary alicyclic amines) is 1. The number of carboxylic acids is 1. The molecule has 20 heavy (non-hydrogen) atoms. The molecule has 1 heterocycles. The number of aliphatic carboxylic acids is 1. The molecule has 1 aliphatic rings. The van der Waals surface area contributed by atoms with Gasteiger partial charge in [0.15, 0.2) is 0 Å². The molecule has 0 aliphatic carbocycles. The Morgan fingerprint density at radius 2 is 2.40 bits per heavy atom. The van der Waals surface area contributed by atoms with E-state index in [0.717, 1.165) is 17.5 Å². The van der Waals surface area contributed by atoms with Crippen molar-refractivity contribution in [1.82, 2.24) is 4.90 Å². The summed E-state index contributed by atoms with van der Waals surface area (Å²) in [5, 5.41) is 18.1. The molecule has 0 saturated carbocycles. The van der Waals surface area contributed by atoms with Crippen molar-refractivity contribution >= 4 is 11.8 Å². The van der Waals surface area contributed by atoms with Crippen LogP contribution in [0, 0.1) is 18.4 Å². The molecule has 1 atom stereocenters. The van der Waals surface area contributed by atoms with Gasteiger partial charge in [0.05, 0.1) is 0 Å². The lowest BCUT2D eigenvalue weighted by molar-refractivity contribution is -0.140. The van der Waals surface area contributed by atoms with Gasteiger partial charge < -0.3 is 10.0 Å². The number of aliphatic imine (C=N–C) groups is 1. The van der Waals surface area contributed by atoms with Gasteiger partial charge in [0.2, 0.25) is 6.19 Å². The maximum absolute atomic E-state index is 11.2. The molecule has 0 bridgehead atoms. The van der Waals surface area contributed by atoms with Gasteiger partial charge in [-0.15, -0.1) is 0 Å². The van der Waals surface area contributed by atoms with Crippen LogP contribution in [0.2, 0.25) is 0 Å². The van der Waals surface area contributed by atoms with Crippen LogP contribution in [0.5, 0.6) is 0 Å². The van der Waals surface area contributed by atoms with Gasteiger partial charge in [0.25, 0.3) is 0 Å². The van der Waals surface area contributed by atoms with Gasteiger partial charge in [0, 0.05) is 13.0 Å². The zero-order valence-electron chi connectivity index (χ0n) is 11.4. The van der Waals surface area contributed by atoms with Crippen molar-refractivity contribution in [3.8, 4) is 6.19 Å². The number of amidine groups is 1. The van der Waals surface area contributed by atoms with Crippen molar-refractivity contribution in [2.75, 3.05) is 6.54 Å². The Bertz CT molecular complexity index is 575. The molecule has 1 aromatic carbocycles. The minimum atomic E-state index is -0.850. The van der Waals surface area contributed by atoms with Crippen molar-refractivity contribution in [3.63, 3.8) is 0 Å². The third-order valence-corrected chi connectivity index (χ3v) is 3.49. The Balaban J connectivity index is 2.22. The second kappa shape index (κ2) is 6.20. The first-order valence-electron chi connectivity index (χ1n) is 6.62. The monoisotopic (exact) mass is 271 g/mol. The van der Waals surface area contributed by atoms with Gasteiger partial charge in [0.1, 0.15) is 11.9 Å². The maximum atomic E-state index is 11.2. The molecular weight excluding hydrogens is 254 g/mol. The molecule has 0 amide bonds. The summed E-state index contributed by atoms with van der Waals surface area (Å²) in [6.07, 6.45) is 3.70. The molecule has 1 aliphatic heterocycles. The molecule has 0 radical (unpaired) electrons. The summed E-state index contributed by atoms with van der Waals surface area (Å²) >= 11 is 0. The zero-order valence-corrected chi connectivity index (χ0v) is 11.4. The molecule has 1 aromatic rings. The lowest BCUT2D eigenvalue weighted by Gasteiger charge is -2.24. The molecule has 5 nitrogen and oxygen atoms in total. The summed E-state index contributed by atoms with van der Waals surface area (Å²) < 4.78 is 0. The fourth-order valence-corrected chi connectivity index (χ4v) is 2.60. The number of hydrogen-bond acceptors (Lipinski definition) is 3. The number of nitriles is 1. The molecule has 1 saturated heterocycles. The fraction of sp³-hybridized carbons (Fsp3) is 0.400. The highest BCUT2D eigenvalue weighted by atomic mass is 16.4. The summed E-state index contributed by atoms with van der Waals surface area (Å²) in [6.45, 7) is 2.64. The van der Waals surface area contributed by atoms with E-state index in [-0.39, 0.29) is 0 Å². The Labute approximate surface area is 118 Å². The van der Waals surface area contributed by atoms with Crippen LogP contribution in [0.25, 0.3) is 0 Å². The fourth-order valence-electron chi connectivity index (χ4n) is 2.60. The van der Waals surface area contributed by atoms with Crippen LogP contribution in [0.4, 0.5) is 0 Å². The smallest absolute Gasteiger partial charge is 0.326 e. The van der Waals surface area contributed by atoms with E-state index in [1.807, 2.05) is 31.2 Å². The first-order chi connectivity index (χ1) is 9.61. The summed E-state index contributed by atoms with van der Waals surface area (Å²) in [4.78, 5) is 16.8. The van der Waals surface area contributed by atoms with E-state index in [9.17, 15) is 9.90 Å². The van der Waals surface area contributed by atoms with Gasteiger partial charge in [-0.1, -0.05) is 29.8 Å². The number of carbonyl (C=O) groups is 1. The van der Waals surface area contributed by atoms with E-state index < -0.39 is 12.0 Å². The zero-order chi connectivity index (χ0) is 14.5. The number of aryl methyl sites for hydroxylation is 1. The average Bonchev–Trinajstić information content (AvgIpc) is 2.87. The molecule has 5 heteroatoms. The van der Waals surface area contributed by atoms with Crippen LogP contribution >= 0.6 is 0 Å². The largest absolute Gasteiger partial charge is 0.480 e. The van der Waals surface area contributed by atoms with E-state index in [1.54, 1.807) is 11.1 Å². The van der Waals surface area contributed by atoms with Crippen LogP contribution in [0.3, 0.4) is 0 Å². The second-order valence-electron chi connectivity index (χ2n) is 4.98. The standard InChI is InChI=1S/C15H17N3O2/c1-11-4-2-5-12(8-11)9-14(17-10-16)18-7-3-6-13(18)15(19)20/h2,4-5,8,13H,3,6-7,9H2,1H3,(H,19,20)/t13-/m0/s1. The summed E-state index contributed by atoms with van der Waals surface area (Å²) in [7, 11) is 0. The molecule has 1 fully saturated rings. The van der Waals surface area contributed by atoms with Gasteiger partial charge in [-0.25, -0.2) is 4.79 Å². The number of hydrogen-bond donors (Lipinski definition) is 1.